The van der Waals surface area contributed by atoms with E-state index in [2.05, 4.69) is 79.3 Å². The molecule has 0 saturated heterocycles. The van der Waals surface area contributed by atoms with Crippen molar-refractivity contribution in [1.29, 1.82) is 0 Å². The maximum atomic E-state index is 10.5. The van der Waals surface area contributed by atoms with Crippen molar-refractivity contribution in [3.8, 4) is 0 Å². The highest BCUT2D eigenvalue weighted by Gasteiger charge is 2.23. The van der Waals surface area contributed by atoms with E-state index in [0.717, 1.165) is 25.5 Å². The van der Waals surface area contributed by atoms with E-state index in [9.17, 15) is 4.57 Å². The van der Waals surface area contributed by atoms with Crippen LogP contribution < -0.4 is 14.7 Å². The monoisotopic (exact) mass is 453 g/mol. The van der Waals surface area contributed by atoms with Crippen molar-refractivity contribution in [1.82, 2.24) is 0 Å². The molecule has 3 rings (SSSR count). The van der Waals surface area contributed by atoms with Crippen LogP contribution in [0, 0.1) is 0 Å². The molecule has 0 aromatic heterocycles. The highest BCUT2D eigenvalue weighted by molar-refractivity contribution is 7.23. The molecule has 1 aliphatic rings. The molecule has 0 amide bonds. The van der Waals surface area contributed by atoms with E-state index in [0.29, 0.717) is 8.46 Å². The zero-order valence-electron chi connectivity index (χ0n) is 20.4. The quantitative estimate of drug-likeness (QED) is 0.235. The molecule has 0 radical (unpaired) electrons. The average Bonchev–Trinajstić information content (AvgIpc) is 2.78. The fourth-order valence-electron chi connectivity index (χ4n) is 4.55. The van der Waals surface area contributed by atoms with Crippen LogP contribution in [0.1, 0.15) is 62.5 Å². The maximum Gasteiger partial charge on any atom is 0.155 e. The molecule has 5 heteroatoms. The molecule has 0 spiro atoms. The van der Waals surface area contributed by atoms with Crippen molar-refractivity contribution in [2.24, 2.45) is 0 Å². The Bertz CT molecular complexity index is 824. The zero-order chi connectivity index (χ0) is 22.9. The van der Waals surface area contributed by atoms with Gasteiger partial charge in [0.25, 0.3) is 0 Å². The molecule has 2 aromatic carbocycles. The summed E-state index contributed by atoms with van der Waals surface area (Å²) in [6.07, 6.45) is 11.9. The third kappa shape index (κ3) is 6.48. The first-order chi connectivity index (χ1) is 15.5. The number of anilines is 4. The van der Waals surface area contributed by atoms with E-state index in [4.69, 9.17) is 0 Å². The summed E-state index contributed by atoms with van der Waals surface area (Å²) in [4.78, 5) is 6.96. The van der Waals surface area contributed by atoms with Crippen LogP contribution in [-0.4, -0.2) is 40.9 Å². The predicted molar refractivity (Wildman–Crippen MR) is 141 cm³/mol. The Labute approximate surface area is 196 Å². The topological polar surface area (TPSA) is 26.8 Å². The summed E-state index contributed by atoms with van der Waals surface area (Å²) in [6, 6.07) is 13.8. The molecule has 1 aliphatic heterocycles. The molecule has 174 valence electrons. The molecule has 0 aliphatic carbocycles. The predicted octanol–water partition coefficient (Wildman–Crippen LogP) is 7.27. The number of fused-ring (bicyclic) bond motifs is 2. The lowest BCUT2D eigenvalue weighted by Crippen LogP contribution is -2.25. The molecule has 1 heterocycles. The van der Waals surface area contributed by atoms with Crippen LogP contribution in [0.3, 0.4) is 0 Å². The lowest BCUT2D eigenvalue weighted by atomic mass is 9.94. The average molecular weight is 454 g/mol. The van der Waals surface area contributed by atoms with E-state index in [1.165, 1.54) is 78.8 Å². The number of hydrogen-bond donors (Lipinski definition) is 0. The van der Waals surface area contributed by atoms with Crippen molar-refractivity contribution in [2.45, 2.75) is 57.8 Å². The number of nitrogens with zero attached hydrogens (tertiary/aromatic N) is 3. The molecule has 32 heavy (non-hydrogen) atoms. The van der Waals surface area contributed by atoms with Gasteiger partial charge in [-0.3, -0.25) is 4.57 Å². The molecule has 0 atom stereocenters. The molecular weight excluding hydrogens is 413 g/mol. The van der Waals surface area contributed by atoms with Crippen LogP contribution in [0.25, 0.3) is 0 Å². The summed E-state index contributed by atoms with van der Waals surface area (Å²) in [7, 11) is 8.78. The van der Waals surface area contributed by atoms with Crippen LogP contribution in [0.5, 0.6) is 0 Å². The van der Waals surface area contributed by atoms with Crippen molar-refractivity contribution in [2.75, 3.05) is 55.6 Å². The SMILES string of the molecule is CN(C)c1ccc2c(c1)N(CCCCCCCCCCP=O)c1cc(N(C)C)ccc1C2. The molecule has 4 nitrogen and oxygen atoms in total. The highest BCUT2D eigenvalue weighted by atomic mass is 31.1. The van der Waals surface area contributed by atoms with Crippen molar-refractivity contribution < 1.29 is 4.57 Å². The summed E-state index contributed by atoms with van der Waals surface area (Å²) >= 11 is 0. The highest BCUT2D eigenvalue weighted by Crippen LogP contribution is 2.42. The molecule has 0 saturated carbocycles. The fourth-order valence-corrected chi connectivity index (χ4v) is 4.90. The second kappa shape index (κ2) is 12.3. The second-order valence-corrected chi connectivity index (χ2v) is 10.1. The van der Waals surface area contributed by atoms with E-state index in [-0.39, 0.29) is 0 Å². The van der Waals surface area contributed by atoms with Gasteiger partial charge >= 0.3 is 0 Å². The Morgan fingerprint density at radius 3 is 1.66 bits per heavy atom. The standard InChI is InChI=1S/C27H40N3OP/c1-28(2)24-15-13-22-19-23-14-16-25(29(3)4)21-27(23)30(26(22)20-24)17-11-9-7-5-6-8-10-12-18-32-31/h13-16,20-21H,5-12,17-19H2,1-4H3. The van der Waals surface area contributed by atoms with E-state index in [1.54, 1.807) is 0 Å². The van der Waals surface area contributed by atoms with Gasteiger partial charge in [-0.05, 0) is 48.2 Å². The molecule has 0 fully saturated rings. The lowest BCUT2D eigenvalue weighted by molar-refractivity contribution is 0.572. The largest absolute Gasteiger partial charge is 0.378 e. The van der Waals surface area contributed by atoms with E-state index >= 15 is 0 Å². The Hall–Kier alpha value is -2.06. The summed E-state index contributed by atoms with van der Waals surface area (Å²) < 4.78 is 10.5. The van der Waals surface area contributed by atoms with Gasteiger partial charge in [0.1, 0.15) is 0 Å². The molecule has 0 bridgehead atoms. The fraction of sp³-hybridized carbons (Fsp3) is 0.556. The van der Waals surface area contributed by atoms with E-state index in [1.807, 2.05) is 0 Å². The number of rotatable bonds is 13. The van der Waals surface area contributed by atoms with Gasteiger partial charge in [-0.2, -0.15) is 0 Å². The minimum absolute atomic E-state index is 0.303. The molecular formula is C27H40N3OP. The number of benzene rings is 2. The Balaban J connectivity index is 1.65. The molecule has 0 unspecified atom stereocenters. The first-order valence-corrected chi connectivity index (χ1v) is 13.2. The third-order valence-corrected chi connectivity index (χ3v) is 7.01. The summed E-state index contributed by atoms with van der Waals surface area (Å²) in [5, 5.41) is 0. The minimum Gasteiger partial charge on any atom is -0.378 e. The zero-order valence-corrected chi connectivity index (χ0v) is 21.3. The van der Waals surface area contributed by atoms with Gasteiger partial charge in [0.2, 0.25) is 0 Å². The van der Waals surface area contributed by atoms with Crippen LogP contribution in [0.4, 0.5) is 22.7 Å². The Kier molecular flexibility index (Phi) is 9.41. The van der Waals surface area contributed by atoms with Crippen molar-refractivity contribution in [3.63, 3.8) is 0 Å². The van der Waals surface area contributed by atoms with Crippen LogP contribution in [0.2, 0.25) is 0 Å². The van der Waals surface area contributed by atoms with Gasteiger partial charge in [-0.1, -0.05) is 50.7 Å². The van der Waals surface area contributed by atoms with Crippen molar-refractivity contribution in [3.05, 3.63) is 47.5 Å². The van der Waals surface area contributed by atoms with Gasteiger partial charge < -0.3 is 14.7 Å². The van der Waals surface area contributed by atoms with Gasteiger partial charge in [0, 0.05) is 70.1 Å². The molecule has 2 aromatic rings. The smallest absolute Gasteiger partial charge is 0.155 e. The minimum atomic E-state index is 0.303. The van der Waals surface area contributed by atoms with Gasteiger partial charge in [-0.25, -0.2) is 0 Å². The molecule has 0 N–H and O–H groups in total. The van der Waals surface area contributed by atoms with Gasteiger partial charge in [-0.15, -0.1) is 0 Å². The third-order valence-electron chi connectivity index (χ3n) is 6.51. The summed E-state index contributed by atoms with van der Waals surface area (Å²) in [6.45, 7) is 1.07. The normalized spacial score (nSPS) is 12.6. The van der Waals surface area contributed by atoms with Crippen molar-refractivity contribution >= 4 is 31.2 Å². The second-order valence-electron chi connectivity index (χ2n) is 9.42. The Morgan fingerprint density at radius 2 is 1.19 bits per heavy atom. The van der Waals surface area contributed by atoms with E-state index < -0.39 is 0 Å². The van der Waals surface area contributed by atoms with Crippen LogP contribution >= 0.6 is 8.46 Å². The van der Waals surface area contributed by atoms with Gasteiger partial charge in [0.05, 0.1) is 0 Å². The first-order valence-electron chi connectivity index (χ1n) is 12.2. The first kappa shape index (κ1) is 24.6. The Morgan fingerprint density at radius 1 is 0.719 bits per heavy atom. The maximum absolute atomic E-state index is 10.5. The summed E-state index contributed by atoms with van der Waals surface area (Å²) in [5.74, 6) is 0. The number of hydrogen-bond acceptors (Lipinski definition) is 4. The number of unbranched alkanes of at least 4 members (excludes halogenated alkanes) is 7. The lowest BCUT2D eigenvalue weighted by Gasteiger charge is -2.35. The summed E-state index contributed by atoms with van der Waals surface area (Å²) in [5.41, 5.74) is 8.13. The van der Waals surface area contributed by atoms with Gasteiger partial charge in [0.15, 0.2) is 8.46 Å². The van der Waals surface area contributed by atoms with Crippen LogP contribution in [-0.2, 0) is 11.0 Å². The van der Waals surface area contributed by atoms with Crippen LogP contribution in [0.15, 0.2) is 36.4 Å².